The van der Waals surface area contributed by atoms with Crippen molar-refractivity contribution in [3.05, 3.63) is 78.1 Å². The van der Waals surface area contributed by atoms with Crippen molar-refractivity contribution in [3.8, 4) is 34.6 Å². The van der Waals surface area contributed by atoms with Gasteiger partial charge in [-0.1, -0.05) is 49.4 Å². The van der Waals surface area contributed by atoms with Crippen LogP contribution in [0.4, 0.5) is 0 Å². The van der Waals surface area contributed by atoms with Gasteiger partial charge in [0.15, 0.2) is 5.82 Å². The van der Waals surface area contributed by atoms with E-state index in [0.717, 1.165) is 5.56 Å². The summed E-state index contributed by atoms with van der Waals surface area (Å²) in [5.41, 5.74) is 1.46. The van der Waals surface area contributed by atoms with E-state index in [1.807, 2.05) is 37.3 Å². The van der Waals surface area contributed by atoms with Gasteiger partial charge in [-0.15, -0.1) is 10.2 Å². The third-order valence-electron chi connectivity index (χ3n) is 5.82. The Kier molecular flexibility index (Phi) is 8.45. The standard InChI is InChI=1S/C27H29N5O6S/c1-5-38-23-16-9-13-20(28-23)25-29-30-26(32(25)24-21(36-3)14-10-15-22(24)37-4)27(33)31-39(34,35)17-18(2)19-11-7-6-8-12-19/h6-16,18H,5,17H2,1-4H3,(H,31,33)/t18-/m1/s1. The Balaban J connectivity index is 1.79. The van der Waals surface area contributed by atoms with Crippen molar-refractivity contribution in [2.75, 3.05) is 26.6 Å². The number of pyridine rings is 1. The van der Waals surface area contributed by atoms with Crippen LogP contribution in [0.25, 0.3) is 17.2 Å². The molecule has 39 heavy (non-hydrogen) atoms. The second-order valence-corrected chi connectivity index (χ2v) is 10.3. The zero-order chi connectivity index (χ0) is 28.0. The van der Waals surface area contributed by atoms with Crippen molar-refractivity contribution in [3.63, 3.8) is 0 Å². The first-order chi connectivity index (χ1) is 18.8. The maximum absolute atomic E-state index is 13.4. The lowest BCUT2D eigenvalue weighted by atomic mass is 10.0. The summed E-state index contributed by atoms with van der Waals surface area (Å²) in [6.45, 7) is 4.00. The Morgan fingerprint density at radius 1 is 0.949 bits per heavy atom. The summed E-state index contributed by atoms with van der Waals surface area (Å²) >= 11 is 0. The summed E-state index contributed by atoms with van der Waals surface area (Å²) in [4.78, 5) is 17.9. The van der Waals surface area contributed by atoms with Crippen LogP contribution >= 0.6 is 0 Å². The summed E-state index contributed by atoms with van der Waals surface area (Å²) in [6, 6.07) is 19.3. The van der Waals surface area contributed by atoms with Crippen molar-refractivity contribution in [2.24, 2.45) is 0 Å². The van der Waals surface area contributed by atoms with Gasteiger partial charge in [-0.3, -0.25) is 9.36 Å². The van der Waals surface area contributed by atoms with Crippen LogP contribution in [-0.4, -0.2) is 60.7 Å². The fraction of sp³-hybridized carbons (Fsp3) is 0.259. The normalized spacial score (nSPS) is 12.0. The Bertz CT molecular complexity index is 1530. The van der Waals surface area contributed by atoms with Gasteiger partial charge in [0, 0.05) is 6.07 Å². The average molecular weight is 552 g/mol. The first kappa shape index (κ1) is 27.6. The van der Waals surface area contributed by atoms with Crippen LogP contribution < -0.4 is 18.9 Å². The highest BCUT2D eigenvalue weighted by Gasteiger charge is 2.29. The number of hydrogen-bond donors (Lipinski definition) is 1. The molecule has 4 aromatic rings. The molecule has 0 bridgehead atoms. The van der Waals surface area contributed by atoms with E-state index in [2.05, 4.69) is 19.9 Å². The van der Waals surface area contributed by atoms with Crippen LogP contribution in [0.3, 0.4) is 0 Å². The van der Waals surface area contributed by atoms with E-state index >= 15 is 0 Å². The molecule has 0 saturated heterocycles. The maximum Gasteiger partial charge on any atom is 0.303 e. The number of carbonyl (C=O) groups is 1. The van der Waals surface area contributed by atoms with Crippen LogP contribution in [0.2, 0.25) is 0 Å². The van der Waals surface area contributed by atoms with Crippen LogP contribution in [0.5, 0.6) is 17.4 Å². The number of hydrogen-bond acceptors (Lipinski definition) is 9. The molecule has 1 N–H and O–H groups in total. The van der Waals surface area contributed by atoms with Gasteiger partial charge in [0.25, 0.3) is 0 Å². The van der Waals surface area contributed by atoms with Crippen LogP contribution in [0, 0.1) is 0 Å². The molecule has 204 valence electrons. The highest BCUT2D eigenvalue weighted by atomic mass is 32.2. The van der Waals surface area contributed by atoms with Gasteiger partial charge in [-0.2, -0.15) is 0 Å². The molecule has 11 nitrogen and oxygen atoms in total. The molecule has 2 aromatic heterocycles. The second kappa shape index (κ2) is 11.9. The number of para-hydroxylation sites is 1. The number of rotatable bonds is 11. The third kappa shape index (κ3) is 6.17. The van der Waals surface area contributed by atoms with Gasteiger partial charge in [0.2, 0.25) is 21.7 Å². The van der Waals surface area contributed by atoms with Crippen molar-refractivity contribution < 1.29 is 27.4 Å². The predicted molar refractivity (Wildman–Crippen MR) is 145 cm³/mol. The molecular weight excluding hydrogens is 522 g/mol. The van der Waals surface area contributed by atoms with Gasteiger partial charge >= 0.3 is 5.91 Å². The number of ether oxygens (including phenoxy) is 3. The van der Waals surface area contributed by atoms with E-state index in [4.69, 9.17) is 14.2 Å². The molecule has 0 aliphatic carbocycles. The zero-order valence-corrected chi connectivity index (χ0v) is 22.8. The highest BCUT2D eigenvalue weighted by molar-refractivity contribution is 7.90. The lowest BCUT2D eigenvalue weighted by molar-refractivity contribution is 0.0969. The zero-order valence-electron chi connectivity index (χ0n) is 22.0. The lowest BCUT2D eigenvalue weighted by Gasteiger charge is -2.17. The number of benzene rings is 2. The molecule has 12 heteroatoms. The number of nitrogens with one attached hydrogen (secondary N) is 1. The summed E-state index contributed by atoms with van der Waals surface area (Å²) in [5, 5.41) is 8.26. The van der Waals surface area contributed by atoms with Gasteiger partial charge in [0.1, 0.15) is 22.9 Å². The molecule has 0 unspecified atom stereocenters. The van der Waals surface area contributed by atoms with Crippen molar-refractivity contribution in [1.29, 1.82) is 0 Å². The largest absolute Gasteiger partial charge is 0.494 e. The van der Waals surface area contributed by atoms with Gasteiger partial charge in [-0.25, -0.2) is 18.1 Å². The molecule has 4 rings (SSSR count). The second-order valence-electron chi connectivity index (χ2n) is 8.51. The van der Waals surface area contributed by atoms with Gasteiger partial charge in [-0.05, 0) is 36.6 Å². The number of sulfonamides is 1. The van der Waals surface area contributed by atoms with Gasteiger partial charge < -0.3 is 14.2 Å². The number of aromatic nitrogens is 4. The molecule has 2 heterocycles. The van der Waals surface area contributed by atoms with Crippen LogP contribution in [-0.2, 0) is 10.0 Å². The van der Waals surface area contributed by atoms with E-state index in [0.29, 0.717) is 35.4 Å². The molecule has 0 aliphatic rings. The summed E-state index contributed by atoms with van der Waals surface area (Å²) in [6.07, 6.45) is 0. The minimum atomic E-state index is -4.05. The molecule has 0 spiro atoms. The number of methoxy groups -OCH3 is 2. The first-order valence-corrected chi connectivity index (χ1v) is 13.8. The monoisotopic (exact) mass is 551 g/mol. The van der Waals surface area contributed by atoms with Gasteiger partial charge in [0.05, 0.1) is 26.6 Å². The average Bonchev–Trinajstić information content (AvgIpc) is 3.38. The topological polar surface area (TPSA) is 135 Å². The van der Waals surface area contributed by atoms with E-state index in [1.165, 1.54) is 18.8 Å². The minimum absolute atomic E-state index is 0.152. The van der Waals surface area contributed by atoms with E-state index in [1.54, 1.807) is 43.3 Å². The summed E-state index contributed by atoms with van der Waals surface area (Å²) in [7, 11) is -1.13. The fourth-order valence-corrected chi connectivity index (χ4v) is 5.37. The molecular formula is C27H29N5O6S. The van der Waals surface area contributed by atoms with Crippen LogP contribution in [0.15, 0.2) is 66.7 Å². The molecule has 0 saturated carbocycles. The Morgan fingerprint density at radius 2 is 1.62 bits per heavy atom. The third-order valence-corrected chi connectivity index (χ3v) is 7.26. The molecule has 1 amide bonds. The van der Waals surface area contributed by atoms with Crippen LogP contribution in [0.1, 0.15) is 35.9 Å². The SMILES string of the molecule is CCOc1cccc(-c2nnc(C(=O)NS(=O)(=O)C[C@@H](C)c3ccccc3)n2-c2c(OC)cccc2OC)n1. The molecule has 2 aromatic carbocycles. The molecule has 0 aliphatic heterocycles. The van der Waals surface area contributed by atoms with E-state index in [9.17, 15) is 13.2 Å². The number of carbonyl (C=O) groups excluding carboxylic acids is 1. The fourth-order valence-electron chi connectivity index (χ4n) is 4.06. The number of nitrogens with zero attached hydrogens (tertiary/aromatic N) is 4. The Morgan fingerprint density at radius 3 is 2.26 bits per heavy atom. The summed E-state index contributed by atoms with van der Waals surface area (Å²) < 4.78 is 46.2. The van der Waals surface area contributed by atoms with E-state index < -0.39 is 15.9 Å². The predicted octanol–water partition coefficient (Wildman–Crippen LogP) is 3.61. The Labute approximate surface area is 226 Å². The molecule has 0 radical (unpaired) electrons. The molecule has 1 atom stereocenters. The smallest absolute Gasteiger partial charge is 0.303 e. The highest BCUT2D eigenvalue weighted by Crippen LogP contribution is 2.36. The van der Waals surface area contributed by atoms with Crippen molar-refractivity contribution in [2.45, 2.75) is 19.8 Å². The minimum Gasteiger partial charge on any atom is -0.494 e. The van der Waals surface area contributed by atoms with E-state index in [-0.39, 0.29) is 23.3 Å². The maximum atomic E-state index is 13.4. The first-order valence-electron chi connectivity index (χ1n) is 12.1. The Hall–Kier alpha value is -4.45. The quantitative estimate of drug-likeness (QED) is 0.297. The number of amides is 1. The van der Waals surface area contributed by atoms with Crippen molar-refractivity contribution in [1.82, 2.24) is 24.5 Å². The lowest BCUT2D eigenvalue weighted by Crippen LogP contribution is -2.35. The van der Waals surface area contributed by atoms with Crippen molar-refractivity contribution >= 4 is 15.9 Å². The molecule has 0 fully saturated rings. The summed E-state index contributed by atoms with van der Waals surface area (Å²) in [5.74, 6) is -0.754.